The largest absolute Gasteiger partial charge is 0.341 e. The molecule has 1 unspecified atom stereocenters. The monoisotopic (exact) mass is 349 g/mol. The Morgan fingerprint density at radius 2 is 1.77 bits per heavy atom. The SMILES string of the molecule is CCc1ccc(C(NC(=O)C(=O)Nc2cccc(C#N)c2)C(C)C)cc1. The van der Waals surface area contributed by atoms with E-state index >= 15 is 0 Å². The first-order valence-electron chi connectivity index (χ1n) is 8.65. The van der Waals surface area contributed by atoms with E-state index in [4.69, 9.17) is 5.26 Å². The lowest BCUT2D eigenvalue weighted by atomic mass is 9.95. The summed E-state index contributed by atoms with van der Waals surface area (Å²) in [5.41, 5.74) is 3.01. The highest BCUT2D eigenvalue weighted by Gasteiger charge is 2.22. The summed E-state index contributed by atoms with van der Waals surface area (Å²) in [6.45, 7) is 6.07. The summed E-state index contributed by atoms with van der Waals surface area (Å²) in [7, 11) is 0. The molecule has 0 bridgehead atoms. The van der Waals surface area contributed by atoms with Crippen LogP contribution in [0.15, 0.2) is 48.5 Å². The van der Waals surface area contributed by atoms with Crippen LogP contribution in [-0.4, -0.2) is 11.8 Å². The number of nitrogens with one attached hydrogen (secondary N) is 2. The van der Waals surface area contributed by atoms with E-state index in [1.807, 2.05) is 44.2 Å². The summed E-state index contributed by atoms with van der Waals surface area (Å²) in [6, 6.07) is 16.2. The molecule has 0 aromatic heterocycles. The van der Waals surface area contributed by atoms with E-state index in [0.717, 1.165) is 12.0 Å². The van der Waals surface area contributed by atoms with E-state index in [9.17, 15) is 9.59 Å². The van der Waals surface area contributed by atoms with Gasteiger partial charge in [-0.25, -0.2) is 0 Å². The molecule has 2 amide bonds. The number of aryl methyl sites for hydroxylation is 1. The van der Waals surface area contributed by atoms with E-state index in [0.29, 0.717) is 11.3 Å². The molecule has 2 aromatic carbocycles. The van der Waals surface area contributed by atoms with Crippen molar-refractivity contribution >= 4 is 17.5 Å². The zero-order valence-electron chi connectivity index (χ0n) is 15.2. The number of rotatable bonds is 5. The quantitative estimate of drug-likeness (QED) is 0.810. The molecular weight excluding hydrogens is 326 g/mol. The molecule has 0 saturated heterocycles. The Bertz CT molecular complexity index is 820. The Labute approximate surface area is 154 Å². The van der Waals surface area contributed by atoms with Gasteiger partial charge in [-0.2, -0.15) is 5.26 Å². The summed E-state index contributed by atoms with van der Waals surface area (Å²) < 4.78 is 0. The standard InChI is InChI=1S/C21H23N3O2/c1-4-15-8-10-17(11-9-15)19(14(2)3)24-21(26)20(25)23-18-7-5-6-16(12-18)13-22/h5-12,14,19H,4H2,1-3H3,(H,23,25)(H,24,26). The highest BCUT2D eigenvalue weighted by Crippen LogP contribution is 2.22. The van der Waals surface area contributed by atoms with E-state index in [1.165, 1.54) is 11.6 Å². The maximum Gasteiger partial charge on any atom is 0.313 e. The maximum absolute atomic E-state index is 12.3. The van der Waals surface area contributed by atoms with Crippen molar-refractivity contribution in [2.24, 2.45) is 5.92 Å². The Morgan fingerprint density at radius 1 is 1.08 bits per heavy atom. The first kappa shape index (κ1) is 19.2. The first-order valence-corrected chi connectivity index (χ1v) is 8.65. The third-order valence-electron chi connectivity index (χ3n) is 4.16. The van der Waals surface area contributed by atoms with Crippen molar-refractivity contribution < 1.29 is 9.59 Å². The lowest BCUT2D eigenvalue weighted by molar-refractivity contribution is -0.136. The van der Waals surface area contributed by atoms with Crippen LogP contribution >= 0.6 is 0 Å². The van der Waals surface area contributed by atoms with E-state index in [2.05, 4.69) is 17.6 Å². The summed E-state index contributed by atoms with van der Waals surface area (Å²) in [4.78, 5) is 24.5. The molecule has 134 valence electrons. The summed E-state index contributed by atoms with van der Waals surface area (Å²) >= 11 is 0. The minimum Gasteiger partial charge on any atom is -0.341 e. The van der Waals surface area contributed by atoms with Crippen molar-refractivity contribution in [3.8, 4) is 6.07 Å². The highest BCUT2D eigenvalue weighted by molar-refractivity contribution is 6.39. The molecule has 0 fully saturated rings. The van der Waals surface area contributed by atoms with Crippen molar-refractivity contribution in [2.45, 2.75) is 33.2 Å². The smallest absolute Gasteiger partial charge is 0.313 e. The summed E-state index contributed by atoms with van der Waals surface area (Å²) in [5.74, 6) is -1.33. The normalized spacial score (nSPS) is 11.5. The van der Waals surface area contributed by atoms with Gasteiger partial charge >= 0.3 is 11.8 Å². The van der Waals surface area contributed by atoms with Crippen molar-refractivity contribution in [1.29, 1.82) is 5.26 Å². The molecule has 0 saturated carbocycles. The predicted octanol–water partition coefficient (Wildman–Crippen LogP) is 3.57. The zero-order valence-corrected chi connectivity index (χ0v) is 15.2. The Kier molecular flexibility index (Phi) is 6.51. The second-order valence-electron chi connectivity index (χ2n) is 6.44. The fraction of sp³-hybridized carbons (Fsp3) is 0.286. The number of nitriles is 1. The maximum atomic E-state index is 12.3. The van der Waals surface area contributed by atoms with Gasteiger partial charge < -0.3 is 10.6 Å². The third kappa shape index (κ3) is 4.93. The fourth-order valence-corrected chi connectivity index (χ4v) is 2.66. The molecule has 0 aliphatic rings. The van der Waals surface area contributed by atoms with Crippen LogP contribution in [0.4, 0.5) is 5.69 Å². The molecule has 5 heteroatoms. The van der Waals surface area contributed by atoms with Crippen molar-refractivity contribution in [1.82, 2.24) is 5.32 Å². The zero-order chi connectivity index (χ0) is 19.1. The number of carbonyl (C=O) groups is 2. The summed E-state index contributed by atoms with van der Waals surface area (Å²) in [6.07, 6.45) is 0.948. The molecule has 26 heavy (non-hydrogen) atoms. The molecule has 2 N–H and O–H groups in total. The number of amides is 2. The molecule has 0 aliphatic heterocycles. The number of nitrogens with zero attached hydrogens (tertiary/aromatic N) is 1. The van der Waals surface area contributed by atoms with Gasteiger partial charge in [0.1, 0.15) is 0 Å². The van der Waals surface area contributed by atoms with Gasteiger partial charge in [0.15, 0.2) is 0 Å². The molecule has 0 radical (unpaired) electrons. The van der Waals surface area contributed by atoms with Gasteiger partial charge in [-0.15, -0.1) is 0 Å². The van der Waals surface area contributed by atoms with Gasteiger partial charge in [-0.1, -0.05) is 51.1 Å². The van der Waals surface area contributed by atoms with Crippen LogP contribution in [0.25, 0.3) is 0 Å². The van der Waals surface area contributed by atoms with E-state index in [1.54, 1.807) is 18.2 Å². The Balaban J connectivity index is 2.08. The molecular formula is C21H23N3O2. The molecule has 2 aromatic rings. The van der Waals surface area contributed by atoms with Crippen LogP contribution in [0, 0.1) is 17.2 Å². The highest BCUT2D eigenvalue weighted by atomic mass is 16.2. The van der Waals surface area contributed by atoms with Crippen molar-refractivity contribution in [3.63, 3.8) is 0 Å². The minimum atomic E-state index is -0.754. The van der Waals surface area contributed by atoms with Gasteiger partial charge in [-0.05, 0) is 41.7 Å². The topological polar surface area (TPSA) is 82.0 Å². The minimum absolute atomic E-state index is 0.126. The van der Waals surface area contributed by atoms with Crippen LogP contribution in [0.5, 0.6) is 0 Å². The Morgan fingerprint density at radius 3 is 2.35 bits per heavy atom. The number of anilines is 1. The van der Waals surface area contributed by atoms with Gasteiger partial charge in [-0.3, -0.25) is 9.59 Å². The second-order valence-corrected chi connectivity index (χ2v) is 6.44. The van der Waals surface area contributed by atoms with Crippen LogP contribution in [0.2, 0.25) is 0 Å². The molecule has 2 rings (SSSR count). The third-order valence-corrected chi connectivity index (χ3v) is 4.16. The van der Waals surface area contributed by atoms with E-state index < -0.39 is 11.8 Å². The molecule has 0 spiro atoms. The average molecular weight is 349 g/mol. The lowest BCUT2D eigenvalue weighted by Gasteiger charge is -2.23. The lowest BCUT2D eigenvalue weighted by Crippen LogP contribution is -2.39. The fourth-order valence-electron chi connectivity index (χ4n) is 2.66. The summed E-state index contributed by atoms with van der Waals surface area (Å²) in [5, 5.41) is 14.2. The van der Waals surface area contributed by atoms with Gasteiger partial charge in [0.25, 0.3) is 0 Å². The number of hydrogen-bond acceptors (Lipinski definition) is 3. The number of carbonyl (C=O) groups excluding carboxylic acids is 2. The van der Waals surface area contributed by atoms with Crippen LogP contribution in [-0.2, 0) is 16.0 Å². The second kappa shape index (κ2) is 8.82. The van der Waals surface area contributed by atoms with Gasteiger partial charge in [0.2, 0.25) is 0 Å². The van der Waals surface area contributed by atoms with Crippen LogP contribution < -0.4 is 10.6 Å². The van der Waals surface area contributed by atoms with Gasteiger partial charge in [0, 0.05) is 5.69 Å². The van der Waals surface area contributed by atoms with Gasteiger partial charge in [0.05, 0.1) is 17.7 Å². The molecule has 5 nitrogen and oxygen atoms in total. The number of hydrogen-bond donors (Lipinski definition) is 2. The van der Waals surface area contributed by atoms with Crippen LogP contribution in [0.3, 0.4) is 0 Å². The number of benzene rings is 2. The van der Waals surface area contributed by atoms with Crippen LogP contribution in [0.1, 0.15) is 43.5 Å². The predicted molar refractivity (Wildman–Crippen MR) is 101 cm³/mol. The molecule has 0 aliphatic carbocycles. The van der Waals surface area contributed by atoms with E-state index in [-0.39, 0.29) is 12.0 Å². The average Bonchev–Trinajstić information content (AvgIpc) is 2.65. The first-order chi connectivity index (χ1) is 12.4. The molecule has 1 atom stereocenters. The van der Waals surface area contributed by atoms with Crippen molar-refractivity contribution in [2.75, 3.05) is 5.32 Å². The molecule has 0 heterocycles. The Hall–Kier alpha value is -3.13. The van der Waals surface area contributed by atoms with Crippen molar-refractivity contribution in [3.05, 3.63) is 65.2 Å².